The van der Waals surface area contributed by atoms with Crippen molar-refractivity contribution in [3.05, 3.63) is 30.6 Å². The van der Waals surface area contributed by atoms with Gasteiger partial charge in [-0.05, 0) is 68.9 Å². The van der Waals surface area contributed by atoms with Crippen molar-refractivity contribution >= 4 is 29.3 Å². The van der Waals surface area contributed by atoms with Gasteiger partial charge in [-0.25, -0.2) is 4.68 Å². The van der Waals surface area contributed by atoms with E-state index in [1.54, 1.807) is 6.92 Å². The van der Waals surface area contributed by atoms with Crippen molar-refractivity contribution in [1.82, 2.24) is 19.6 Å². The molecule has 234 valence electrons. The van der Waals surface area contributed by atoms with Gasteiger partial charge in [0.15, 0.2) is 6.23 Å². The van der Waals surface area contributed by atoms with E-state index < -0.39 is 18.4 Å². The molecule has 0 radical (unpaired) electrons. The Bertz CT molecular complexity index is 1430. The SMILES string of the molecule is CC(CCS(=O)(=O)O)OCCOCCn1cc(-c2nn(C3CCCCO3)c3ccc(O[Si](C)(C)C(C)(C)C)cc23)cn1. The molecule has 42 heavy (non-hydrogen) atoms. The highest BCUT2D eigenvalue weighted by Gasteiger charge is 2.39. The van der Waals surface area contributed by atoms with E-state index in [1.807, 2.05) is 27.8 Å². The molecule has 4 rings (SSSR count). The summed E-state index contributed by atoms with van der Waals surface area (Å²) < 4.78 is 58.4. The number of rotatable bonds is 14. The molecule has 2 atom stereocenters. The highest BCUT2D eigenvalue weighted by Crippen LogP contribution is 2.39. The third-order valence-corrected chi connectivity index (χ3v) is 13.2. The summed E-state index contributed by atoms with van der Waals surface area (Å²) in [5.74, 6) is 0.540. The summed E-state index contributed by atoms with van der Waals surface area (Å²) in [6.45, 7) is 15.4. The molecule has 1 aliphatic rings. The molecule has 0 amide bonds. The van der Waals surface area contributed by atoms with Gasteiger partial charge in [-0.3, -0.25) is 9.23 Å². The fourth-order valence-corrected chi connectivity index (χ4v) is 6.21. The number of nitrogens with zero attached hydrogens (tertiary/aromatic N) is 4. The molecule has 2 aromatic heterocycles. The first-order chi connectivity index (χ1) is 19.7. The fraction of sp³-hybridized carbons (Fsp3) is 0.655. The monoisotopic (exact) mass is 622 g/mol. The van der Waals surface area contributed by atoms with Gasteiger partial charge in [0.1, 0.15) is 11.4 Å². The average molecular weight is 623 g/mol. The zero-order valence-electron chi connectivity index (χ0n) is 25.7. The molecule has 1 N–H and O–H groups in total. The maximum absolute atomic E-state index is 10.9. The predicted molar refractivity (Wildman–Crippen MR) is 165 cm³/mol. The fourth-order valence-electron chi connectivity index (χ4n) is 4.56. The minimum atomic E-state index is -3.98. The molecule has 1 fully saturated rings. The Hall–Kier alpha value is -2.29. The highest BCUT2D eigenvalue weighted by molar-refractivity contribution is 7.85. The number of hydrogen-bond acceptors (Lipinski definition) is 8. The van der Waals surface area contributed by atoms with Crippen LogP contribution in [-0.2, 0) is 30.9 Å². The lowest BCUT2D eigenvalue weighted by Gasteiger charge is -2.36. The van der Waals surface area contributed by atoms with Crippen molar-refractivity contribution in [1.29, 1.82) is 0 Å². The van der Waals surface area contributed by atoms with Crippen LogP contribution in [0.1, 0.15) is 59.6 Å². The Morgan fingerprint density at radius 2 is 1.98 bits per heavy atom. The van der Waals surface area contributed by atoms with Crippen molar-refractivity contribution in [2.75, 3.05) is 32.2 Å². The zero-order valence-corrected chi connectivity index (χ0v) is 27.5. The van der Waals surface area contributed by atoms with Gasteiger partial charge in [0.2, 0.25) is 8.32 Å². The van der Waals surface area contributed by atoms with Gasteiger partial charge in [0.05, 0.1) is 49.9 Å². The van der Waals surface area contributed by atoms with E-state index in [0.29, 0.717) is 26.4 Å². The molecule has 0 bridgehead atoms. The third kappa shape index (κ3) is 8.63. The summed E-state index contributed by atoms with van der Waals surface area (Å²) in [7, 11) is -6.00. The lowest BCUT2D eigenvalue weighted by atomic mass is 10.1. The maximum atomic E-state index is 10.9. The minimum Gasteiger partial charge on any atom is -0.543 e. The van der Waals surface area contributed by atoms with E-state index in [9.17, 15) is 8.42 Å². The van der Waals surface area contributed by atoms with Crippen molar-refractivity contribution in [2.45, 2.75) is 90.4 Å². The van der Waals surface area contributed by atoms with E-state index in [2.05, 4.69) is 51.1 Å². The Morgan fingerprint density at radius 3 is 2.67 bits per heavy atom. The number of ether oxygens (including phenoxy) is 3. The second kappa shape index (κ2) is 13.6. The number of benzene rings is 1. The van der Waals surface area contributed by atoms with Crippen LogP contribution in [0.15, 0.2) is 30.6 Å². The lowest BCUT2D eigenvalue weighted by molar-refractivity contribution is -0.0365. The molecular weight excluding hydrogens is 576 g/mol. The van der Waals surface area contributed by atoms with Crippen LogP contribution in [0.2, 0.25) is 18.1 Å². The molecule has 1 aromatic carbocycles. The Balaban J connectivity index is 1.43. The van der Waals surface area contributed by atoms with Gasteiger partial charge in [-0.15, -0.1) is 0 Å². The van der Waals surface area contributed by atoms with E-state index in [1.165, 1.54) is 0 Å². The molecule has 3 aromatic rings. The largest absolute Gasteiger partial charge is 0.543 e. The van der Waals surface area contributed by atoms with Gasteiger partial charge >= 0.3 is 0 Å². The average Bonchev–Trinajstić information content (AvgIpc) is 3.53. The topological polar surface area (TPSA) is 127 Å². The molecular formula is C29H46N4O7SSi. The number of aromatic nitrogens is 4. The summed E-state index contributed by atoms with van der Waals surface area (Å²) in [4.78, 5) is 0. The molecule has 0 aliphatic carbocycles. The lowest BCUT2D eigenvalue weighted by Crippen LogP contribution is -2.43. The molecule has 13 heteroatoms. The van der Waals surface area contributed by atoms with Gasteiger partial charge in [0.25, 0.3) is 10.1 Å². The summed E-state index contributed by atoms with van der Waals surface area (Å²) >= 11 is 0. The molecule has 1 aliphatic heterocycles. The van der Waals surface area contributed by atoms with Gasteiger partial charge in [0, 0.05) is 23.8 Å². The standard InChI is InChI=1S/C29H46N4O7SSi/c1-22(12-18-41(34,35)36)38-17-16-37-15-13-32-21-23(20-30-32)28-25-19-24(40-42(5,6)29(2,3)4)10-11-26(25)33(31-28)27-9-7-8-14-39-27/h10-11,19-22,27H,7-9,12-18H2,1-6H3,(H,34,35,36). The number of fused-ring (bicyclic) bond motifs is 1. The van der Waals surface area contributed by atoms with Crippen molar-refractivity contribution < 1.29 is 31.6 Å². The van der Waals surface area contributed by atoms with Crippen LogP contribution in [0.25, 0.3) is 22.2 Å². The van der Waals surface area contributed by atoms with Crippen LogP contribution in [0, 0.1) is 0 Å². The zero-order chi connectivity index (χ0) is 30.5. The molecule has 2 unspecified atom stereocenters. The van der Waals surface area contributed by atoms with Gasteiger partial charge in [-0.1, -0.05) is 20.8 Å². The van der Waals surface area contributed by atoms with Crippen molar-refractivity contribution in [2.24, 2.45) is 0 Å². The summed E-state index contributed by atoms with van der Waals surface area (Å²) in [6.07, 6.45) is 6.77. The second-order valence-electron chi connectivity index (χ2n) is 12.5. The minimum absolute atomic E-state index is 0.0849. The summed E-state index contributed by atoms with van der Waals surface area (Å²) in [5.41, 5.74) is 2.77. The molecule has 0 spiro atoms. The van der Waals surface area contributed by atoms with Crippen LogP contribution in [-0.4, -0.2) is 79.1 Å². The van der Waals surface area contributed by atoms with Crippen LogP contribution in [0.4, 0.5) is 0 Å². The van der Waals surface area contributed by atoms with Crippen molar-refractivity contribution in [3.63, 3.8) is 0 Å². The van der Waals surface area contributed by atoms with Gasteiger partial charge < -0.3 is 18.6 Å². The normalized spacial score (nSPS) is 17.5. The number of hydrogen-bond donors (Lipinski definition) is 1. The first-order valence-corrected chi connectivity index (χ1v) is 19.3. The third-order valence-electron chi connectivity index (χ3n) is 8.07. The van der Waals surface area contributed by atoms with Crippen LogP contribution >= 0.6 is 0 Å². The van der Waals surface area contributed by atoms with E-state index in [-0.39, 0.29) is 29.5 Å². The maximum Gasteiger partial charge on any atom is 0.264 e. The van der Waals surface area contributed by atoms with E-state index in [4.69, 9.17) is 28.3 Å². The van der Waals surface area contributed by atoms with Crippen LogP contribution in [0.3, 0.4) is 0 Å². The highest BCUT2D eigenvalue weighted by atomic mass is 32.2. The van der Waals surface area contributed by atoms with Gasteiger partial charge in [-0.2, -0.15) is 18.6 Å². The Morgan fingerprint density at radius 1 is 1.19 bits per heavy atom. The van der Waals surface area contributed by atoms with E-state index in [0.717, 1.165) is 53.8 Å². The molecule has 11 nitrogen and oxygen atoms in total. The molecule has 1 saturated heterocycles. The molecule has 0 saturated carbocycles. The smallest absolute Gasteiger partial charge is 0.264 e. The summed E-state index contributed by atoms with van der Waals surface area (Å²) in [6, 6.07) is 6.25. The predicted octanol–water partition coefficient (Wildman–Crippen LogP) is 5.68. The quantitative estimate of drug-likeness (QED) is 0.137. The Kier molecular flexibility index (Phi) is 10.5. The summed E-state index contributed by atoms with van der Waals surface area (Å²) in [5, 5.41) is 10.7. The van der Waals surface area contributed by atoms with Crippen molar-refractivity contribution in [3.8, 4) is 17.0 Å². The first kappa shape index (κ1) is 32.6. The van der Waals surface area contributed by atoms with E-state index >= 15 is 0 Å². The first-order valence-electron chi connectivity index (χ1n) is 14.7. The second-order valence-corrected chi connectivity index (χ2v) is 18.8. The Labute approximate surface area is 250 Å². The van der Waals surface area contributed by atoms with Crippen LogP contribution in [0.5, 0.6) is 5.75 Å². The van der Waals surface area contributed by atoms with Crippen LogP contribution < -0.4 is 4.43 Å². The molecule has 3 heterocycles.